The maximum atomic E-state index is 11.1. The van der Waals surface area contributed by atoms with Crippen LogP contribution >= 0.6 is 0 Å². The first-order chi connectivity index (χ1) is 7.02. The highest BCUT2D eigenvalue weighted by atomic mass is 16.7. The van der Waals surface area contributed by atoms with Gasteiger partial charge in [0.25, 0.3) is 0 Å². The Balaban J connectivity index is 2.15. The molecule has 0 amide bonds. The molecule has 0 bridgehead atoms. The van der Waals surface area contributed by atoms with Crippen LogP contribution in [0.2, 0.25) is 0 Å². The smallest absolute Gasteiger partial charge is 0.311 e. The van der Waals surface area contributed by atoms with Crippen LogP contribution in [0, 0.1) is 5.41 Å². The second-order valence-electron chi connectivity index (χ2n) is 3.76. The molecule has 1 aliphatic heterocycles. The van der Waals surface area contributed by atoms with Gasteiger partial charge in [0.1, 0.15) is 0 Å². The molecule has 5 nitrogen and oxygen atoms in total. The summed E-state index contributed by atoms with van der Waals surface area (Å²) in [6.45, 7) is 4.85. The van der Waals surface area contributed by atoms with Crippen LogP contribution in [0.1, 0.15) is 26.7 Å². The molecule has 15 heavy (non-hydrogen) atoms. The molecule has 1 rings (SSSR count). The molecule has 1 saturated heterocycles. The molecular weight excluding hydrogens is 198 g/mol. The van der Waals surface area contributed by atoms with E-state index >= 15 is 0 Å². The summed E-state index contributed by atoms with van der Waals surface area (Å²) in [5.41, 5.74) is 0.305. The van der Waals surface area contributed by atoms with Gasteiger partial charge in [-0.25, -0.2) is 0 Å². The average Bonchev–Trinajstić information content (AvgIpc) is 2.51. The van der Waals surface area contributed by atoms with Crippen LogP contribution < -0.4 is 0 Å². The Morgan fingerprint density at radius 2 is 2.07 bits per heavy atom. The summed E-state index contributed by atoms with van der Waals surface area (Å²) < 4.78 is 15.6. The Labute approximate surface area is 89.2 Å². The van der Waals surface area contributed by atoms with E-state index in [4.69, 9.17) is 19.6 Å². The highest BCUT2D eigenvalue weighted by Gasteiger charge is 2.30. The lowest BCUT2D eigenvalue weighted by atomic mass is 10.2. The molecule has 0 aromatic carbocycles. The normalized spacial score (nSPS) is 18.8. The minimum atomic E-state index is -0.611. The summed E-state index contributed by atoms with van der Waals surface area (Å²) >= 11 is 0. The van der Waals surface area contributed by atoms with Crippen molar-refractivity contribution in [1.82, 2.24) is 0 Å². The lowest BCUT2D eigenvalue weighted by Crippen LogP contribution is -2.28. The second-order valence-corrected chi connectivity index (χ2v) is 3.76. The molecule has 0 aromatic rings. The maximum Gasteiger partial charge on any atom is 0.311 e. The highest BCUT2D eigenvalue weighted by molar-refractivity contribution is 5.95. The minimum Gasteiger partial charge on any atom is -0.465 e. The number of ether oxygens (including phenoxy) is 3. The fourth-order valence-corrected chi connectivity index (χ4v) is 1.32. The van der Waals surface area contributed by atoms with Crippen molar-refractivity contribution in [3.05, 3.63) is 0 Å². The van der Waals surface area contributed by atoms with E-state index in [0.717, 1.165) is 0 Å². The number of nitrogens with one attached hydrogen (secondary N) is 1. The number of hydrogen-bond acceptors (Lipinski definition) is 5. The Hall–Kier alpha value is -0.940. The summed E-state index contributed by atoms with van der Waals surface area (Å²) in [7, 11) is 0. The monoisotopic (exact) mass is 215 g/mol. The standard InChI is InChI=1S/C10H17NO4/c1-8(11)7-9(12)13-4-3-10(2)14-5-6-15-10/h11H,3-7H2,1-2H3. The Bertz CT molecular complexity index is 246. The predicted molar refractivity (Wildman–Crippen MR) is 53.9 cm³/mol. The summed E-state index contributed by atoms with van der Waals surface area (Å²) in [6, 6.07) is 0. The molecule has 0 aromatic heterocycles. The van der Waals surface area contributed by atoms with Gasteiger partial charge in [0.2, 0.25) is 0 Å². The van der Waals surface area contributed by atoms with Gasteiger partial charge in [0, 0.05) is 12.1 Å². The van der Waals surface area contributed by atoms with Crippen molar-refractivity contribution in [2.75, 3.05) is 19.8 Å². The van der Waals surface area contributed by atoms with Crippen LogP contribution in [0.3, 0.4) is 0 Å². The molecule has 5 heteroatoms. The molecule has 0 unspecified atom stereocenters. The van der Waals surface area contributed by atoms with Crippen molar-refractivity contribution in [3.8, 4) is 0 Å². The van der Waals surface area contributed by atoms with Gasteiger partial charge >= 0.3 is 5.97 Å². The van der Waals surface area contributed by atoms with E-state index in [-0.39, 0.29) is 19.0 Å². The first-order valence-corrected chi connectivity index (χ1v) is 4.99. The lowest BCUT2D eigenvalue weighted by Gasteiger charge is -2.21. The topological polar surface area (TPSA) is 68.6 Å². The van der Waals surface area contributed by atoms with Gasteiger partial charge < -0.3 is 19.6 Å². The summed E-state index contributed by atoms with van der Waals surface area (Å²) in [6.07, 6.45) is 0.578. The van der Waals surface area contributed by atoms with E-state index in [1.165, 1.54) is 0 Å². The van der Waals surface area contributed by atoms with Gasteiger partial charge in [-0.15, -0.1) is 0 Å². The quantitative estimate of drug-likeness (QED) is 0.551. The van der Waals surface area contributed by atoms with Crippen LogP contribution in [0.4, 0.5) is 0 Å². The Kier molecular flexibility index (Phi) is 4.23. The number of hydrogen-bond donors (Lipinski definition) is 1. The first kappa shape index (κ1) is 12.1. The van der Waals surface area contributed by atoms with Crippen LogP contribution in [0.5, 0.6) is 0 Å². The number of esters is 1. The third kappa shape index (κ3) is 4.40. The molecule has 1 aliphatic rings. The molecule has 0 radical (unpaired) electrons. The van der Waals surface area contributed by atoms with Crippen molar-refractivity contribution in [1.29, 1.82) is 5.41 Å². The molecular formula is C10H17NO4. The fourth-order valence-electron chi connectivity index (χ4n) is 1.32. The van der Waals surface area contributed by atoms with Crippen molar-refractivity contribution >= 4 is 11.7 Å². The fraction of sp³-hybridized carbons (Fsp3) is 0.800. The van der Waals surface area contributed by atoms with Crippen molar-refractivity contribution in [3.63, 3.8) is 0 Å². The van der Waals surface area contributed by atoms with Gasteiger partial charge in [-0.1, -0.05) is 0 Å². The van der Waals surface area contributed by atoms with Crippen LogP contribution in [-0.4, -0.2) is 37.3 Å². The van der Waals surface area contributed by atoms with Crippen LogP contribution in [-0.2, 0) is 19.0 Å². The minimum absolute atomic E-state index is 0.0540. The van der Waals surface area contributed by atoms with E-state index in [0.29, 0.717) is 25.3 Å². The zero-order chi connectivity index (χ0) is 11.3. The van der Waals surface area contributed by atoms with E-state index in [1.807, 2.05) is 6.92 Å². The molecule has 1 heterocycles. The largest absolute Gasteiger partial charge is 0.465 e. The first-order valence-electron chi connectivity index (χ1n) is 4.99. The van der Waals surface area contributed by atoms with E-state index in [9.17, 15) is 4.79 Å². The van der Waals surface area contributed by atoms with E-state index in [2.05, 4.69) is 0 Å². The third-order valence-electron chi connectivity index (χ3n) is 2.13. The van der Waals surface area contributed by atoms with Crippen LogP contribution in [0.15, 0.2) is 0 Å². The van der Waals surface area contributed by atoms with Crippen molar-refractivity contribution in [2.24, 2.45) is 0 Å². The number of carbonyl (C=O) groups is 1. The highest BCUT2D eigenvalue weighted by Crippen LogP contribution is 2.22. The van der Waals surface area contributed by atoms with Gasteiger partial charge in [-0.05, 0) is 13.8 Å². The predicted octanol–water partition coefficient (Wildman–Crippen LogP) is 1.11. The van der Waals surface area contributed by atoms with Crippen molar-refractivity contribution < 1.29 is 19.0 Å². The third-order valence-corrected chi connectivity index (χ3v) is 2.13. The van der Waals surface area contributed by atoms with E-state index < -0.39 is 5.79 Å². The molecule has 0 saturated carbocycles. The zero-order valence-electron chi connectivity index (χ0n) is 9.17. The molecule has 0 atom stereocenters. The van der Waals surface area contributed by atoms with E-state index in [1.54, 1.807) is 6.92 Å². The average molecular weight is 215 g/mol. The van der Waals surface area contributed by atoms with Gasteiger partial charge in [0.15, 0.2) is 5.79 Å². The second kappa shape index (κ2) is 5.23. The molecule has 1 N–H and O–H groups in total. The summed E-state index contributed by atoms with van der Waals surface area (Å²) in [4.78, 5) is 11.1. The zero-order valence-corrected chi connectivity index (χ0v) is 9.17. The Morgan fingerprint density at radius 1 is 1.47 bits per heavy atom. The van der Waals surface area contributed by atoms with Crippen molar-refractivity contribution in [2.45, 2.75) is 32.5 Å². The summed E-state index contributed by atoms with van der Waals surface area (Å²) in [5, 5.41) is 7.12. The number of rotatable bonds is 5. The van der Waals surface area contributed by atoms with Gasteiger partial charge in [0.05, 0.1) is 26.2 Å². The Morgan fingerprint density at radius 3 is 2.60 bits per heavy atom. The molecule has 86 valence electrons. The van der Waals surface area contributed by atoms with Gasteiger partial charge in [-0.3, -0.25) is 4.79 Å². The number of carbonyl (C=O) groups excluding carboxylic acids is 1. The maximum absolute atomic E-state index is 11.1. The van der Waals surface area contributed by atoms with Gasteiger partial charge in [-0.2, -0.15) is 0 Å². The molecule has 0 spiro atoms. The molecule has 0 aliphatic carbocycles. The SMILES string of the molecule is CC(=N)CC(=O)OCCC1(C)OCCO1. The molecule has 1 fully saturated rings. The van der Waals surface area contributed by atoms with Crippen LogP contribution in [0.25, 0.3) is 0 Å². The lowest BCUT2D eigenvalue weighted by molar-refractivity contribution is -0.163. The summed E-state index contributed by atoms with van der Waals surface area (Å²) in [5.74, 6) is -0.982.